The topological polar surface area (TPSA) is 44.5 Å². The number of ether oxygens (including phenoxy) is 2. The maximum atomic E-state index is 12.4. The van der Waals surface area contributed by atoms with Gasteiger partial charge in [-0.25, -0.2) is 0 Å². The van der Waals surface area contributed by atoms with Crippen LogP contribution in [0.25, 0.3) is 0 Å². The maximum Gasteiger partial charge on any atom is 0.416 e. The van der Waals surface area contributed by atoms with Gasteiger partial charge in [0.15, 0.2) is 0 Å². The molecule has 1 aromatic rings. The van der Waals surface area contributed by atoms with E-state index >= 15 is 0 Å². The van der Waals surface area contributed by atoms with Crippen molar-refractivity contribution >= 4 is 0 Å². The molecule has 0 atom stereocenters. The Morgan fingerprint density at radius 2 is 1.41 bits per heavy atom. The molecule has 0 amide bonds. The molecule has 0 aliphatic heterocycles. The van der Waals surface area contributed by atoms with Crippen molar-refractivity contribution in [2.24, 2.45) is 5.73 Å². The minimum Gasteiger partial charge on any atom is -0.348 e. The first kappa shape index (κ1) is 14.0. The van der Waals surface area contributed by atoms with Crippen molar-refractivity contribution in [3.8, 4) is 0 Å². The van der Waals surface area contributed by atoms with Gasteiger partial charge in [-0.3, -0.25) is 0 Å². The molecule has 0 aliphatic rings. The fourth-order valence-corrected chi connectivity index (χ4v) is 1.52. The van der Waals surface area contributed by atoms with Crippen LogP contribution in [0.4, 0.5) is 13.2 Å². The second-order valence-electron chi connectivity index (χ2n) is 3.44. The Labute approximate surface area is 97.3 Å². The van der Waals surface area contributed by atoms with Crippen LogP contribution < -0.4 is 5.73 Å². The highest BCUT2D eigenvalue weighted by molar-refractivity contribution is 5.28. The summed E-state index contributed by atoms with van der Waals surface area (Å²) in [6, 6.07) is 4.53. The smallest absolute Gasteiger partial charge is 0.348 e. The zero-order valence-electron chi connectivity index (χ0n) is 9.54. The predicted molar refractivity (Wildman–Crippen MR) is 56.2 cm³/mol. The van der Waals surface area contributed by atoms with Crippen molar-refractivity contribution in [3.63, 3.8) is 0 Å². The van der Waals surface area contributed by atoms with E-state index in [1.807, 2.05) is 0 Å². The molecule has 1 rings (SSSR count). The van der Waals surface area contributed by atoms with Crippen molar-refractivity contribution in [2.45, 2.75) is 12.0 Å². The third-order valence-corrected chi connectivity index (χ3v) is 2.58. The molecule has 0 aliphatic carbocycles. The van der Waals surface area contributed by atoms with Gasteiger partial charge in [-0.05, 0) is 12.1 Å². The normalized spacial score (nSPS) is 12.8. The summed E-state index contributed by atoms with van der Waals surface area (Å²) < 4.78 is 47.4. The molecule has 0 radical (unpaired) electrons. The van der Waals surface area contributed by atoms with Crippen molar-refractivity contribution in [2.75, 3.05) is 20.8 Å². The molecule has 2 N–H and O–H groups in total. The zero-order valence-corrected chi connectivity index (χ0v) is 9.54. The number of rotatable bonds is 4. The Morgan fingerprint density at radius 3 is 1.71 bits per heavy atom. The molecule has 0 bridgehead atoms. The molecule has 0 unspecified atom stereocenters. The van der Waals surface area contributed by atoms with E-state index in [-0.39, 0.29) is 6.54 Å². The van der Waals surface area contributed by atoms with Gasteiger partial charge in [-0.2, -0.15) is 13.2 Å². The van der Waals surface area contributed by atoms with Crippen LogP contribution in [0.5, 0.6) is 0 Å². The van der Waals surface area contributed by atoms with Crippen molar-refractivity contribution in [1.82, 2.24) is 0 Å². The van der Waals surface area contributed by atoms with Gasteiger partial charge in [-0.1, -0.05) is 12.1 Å². The molecule has 6 heteroatoms. The van der Waals surface area contributed by atoms with Crippen LogP contribution in [-0.4, -0.2) is 20.8 Å². The summed E-state index contributed by atoms with van der Waals surface area (Å²) in [7, 11) is 2.77. The fourth-order valence-electron chi connectivity index (χ4n) is 1.52. The highest BCUT2D eigenvalue weighted by atomic mass is 19.4. The van der Waals surface area contributed by atoms with Gasteiger partial charge in [-0.15, -0.1) is 0 Å². The summed E-state index contributed by atoms with van der Waals surface area (Å²) in [5.74, 6) is -1.20. The second kappa shape index (κ2) is 5.03. The van der Waals surface area contributed by atoms with E-state index in [2.05, 4.69) is 0 Å². The van der Waals surface area contributed by atoms with Gasteiger partial charge in [0.1, 0.15) is 0 Å². The molecule has 0 heterocycles. The lowest BCUT2D eigenvalue weighted by atomic mass is 10.0. The monoisotopic (exact) mass is 249 g/mol. The Balaban J connectivity index is 3.09. The van der Waals surface area contributed by atoms with Gasteiger partial charge >= 0.3 is 6.18 Å². The third-order valence-electron chi connectivity index (χ3n) is 2.58. The van der Waals surface area contributed by atoms with Crippen molar-refractivity contribution < 1.29 is 22.6 Å². The summed E-state index contributed by atoms with van der Waals surface area (Å²) in [5, 5.41) is 0. The lowest BCUT2D eigenvalue weighted by Gasteiger charge is -2.29. The predicted octanol–water partition coefficient (Wildman–Crippen LogP) is 2.11. The molecule has 0 aromatic heterocycles. The van der Waals surface area contributed by atoms with Gasteiger partial charge < -0.3 is 15.2 Å². The summed E-state index contributed by atoms with van der Waals surface area (Å²) in [6.07, 6.45) is -4.36. The molecular formula is C11H14F3NO2. The number of methoxy groups -OCH3 is 2. The largest absolute Gasteiger partial charge is 0.416 e. The van der Waals surface area contributed by atoms with Crippen LogP contribution in [0, 0.1) is 0 Å². The Hall–Kier alpha value is -1.11. The average molecular weight is 249 g/mol. The first-order valence-electron chi connectivity index (χ1n) is 4.87. The van der Waals surface area contributed by atoms with E-state index < -0.39 is 17.5 Å². The number of hydrogen-bond donors (Lipinski definition) is 1. The SMILES string of the molecule is COC(CN)(OC)c1ccc(C(F)(F)F)cc1. The van der Waals surface area contributed by atoms with Crippen molar-refractivity contribution in [1.29, 1.82) is 0 Å². The van der Waals surface area contributed by atoms with E-state index in [0.717, 1.165) is 12.1 Å². The average Bonchev–Trinajstić information content (AvgIpc) is 2.32. The van der Waals surface area contributed by atoms with E-state index in [1.54, 1.807) is 0 Å². The number of benzene rings is 1. The van der Waals surface area contributed by atoms with Crippen LogP contribution in [-0.2, 0) is 21.4 Å². The number of hydrogen-bond acceptors (Lipinski definition) is 3. The standard InChI is InChI=1S/C11H14F3NO2/c1-16-10(7-15,17-2)8-3-5-9(6-4-8)11(12,13)14/h3-6H,7,15H2,1-2H3. The van der Waals surface area contributed by atoms with E-state index in [9.17, 15) is 13.2 Å². The van der Waals surface area contributed by atoms with Crippen LogP contribution in [0.3, 0.4) is 0 Å². The van der Waals surface area contributed by atoms with Gasteiger partial charge in [0.25, 0.3) is 0 Å². The zero-order chi connectivity index (χ0) is 13.1. The highest BCUT2D eigenvalue weighted by Gasteiger charge is 2.33. The second-order valence-corrected chi connectivity index (χ2v) is 3.44. The number of alkyl halides is 3. The molecular weight excluding hydrogens is 235 g/mol. The molecule has 96 valence electrons. The Kier molecular flexibility index (Phi) is 4.13. The minimum absolute atomic E-state index is 0.00532. The molecule has 0 saturated heterocycles. The molecule has 0 fully saturated rings. The minimum atomic E-state index is -4.36. The first-order valence-corrected chi connectivity index (χ1v) is 4.87. The van der Waals surface area contributed by atoms with Gasteiger partial charge in [0.05, 0.1) is 12.1 Å². The van der Waals surface area contributed by atoms with E-state index in [0.29, 0.717) is 5.56 Å². The maximum absolute atomic E-state index is 12.4. The summed E-state index contributed by atoms with van der Waals surface area (Å²) >= 11 is 0. The van der Waals surface area contributed by atoms with E-state index in [4.69, 9.17) is 15.2 Å². The highest BCUT2D eigenvalue weighted by Crippen LogP contribution is 2.31. The number of halogens is 3. The fraction of sp³-hybridized carbons (Fsp3) is 0.455. The van der Waals surface area contributed by atoms with Gasteiger partial charge in [0.2, 0.25) is 5.79 Å². The molecule has 17 heavy (non-hydrogen) atoms. The molecule has 0 saturated carbocycles. The van der Waals surface area contributed by atoms with Crippen LogP contribution in [0.15, 0.2) is 24.3 Å². The van der Waals surface area contributed by atoms with Crippen LogP contribution in [0.2, 0.25) is 0 Å². The Bertz CT molecular complexity index is 350. The van der Waals surface area contributed by atoms with Crippen LogP contribution >= 0.6 is 0 Å². The summed E-state index contributed by atoms with van der Waals surface area (Å²) in [4.78, 5) is 0. The molecule has 1 aromatic carbocycles. The lowest BCUT2D eigenvalue weighted by molar-refractivity contribution is -0.208. The van der Waals surface area contributed by atoms with Crippen LogP contribution in [0.1, 0.15) is 11.1 Å². The number of nitrogens with two attached hydrogens (primary N) is 1. The lowest BCUT2D eigenvalue weighted by Crippen LogP contribution is -2.38. The summed E-state index contributed by atoms with van der Waals surface area (Å²) in [6.45, 7) is 0.00532. The van der Waals surface area contributed by atoms with E-state index in [1.165, 1.54) is 26.4 Å². The quantitative estimate of drug-likeness (QED) is 0.831. The van der Waals surface area contributed by atoms with Crippen molar-refractivity contribution in [3.05, 3.63) is 35.4 Å². The summed E-state index contributed by atoms with van der Waals surface area (Å²) in [5.41, 5.74) is 5.23. The Morgan fingerprint density at radius 1 is 1.00 bits per heavy atom. The third kappa shape index (κ3) is 2.77. The molecule has 0 spiro atoms. The first-order chi connectivity index (χ1) is 7.89. The molecule has 3 nitrogen and oxygen atoms in total. The van der Waals surface area contributed by atoms with Gasteiger partial charge in [0, 0.05) is 19.8 Å².